The Kier molecular flexibility index (Phi) is 7.35. The summed E-state index contributed by atoms with van der Waals surface area (Å²) >= 11 is 0. The maximum Gasteiger partial charge on any atom is 0.315 e. The second kappa shape index (κ2) is 8.76. The molecule has 1 rings (SSSR count). The summed E-state index contributed by atoms with van der Waals surface area (Å²) in [4.78, 5) is 11.9. The minimum absolute atomic E-state index is 0.0289. The van der Waals surface area contributed by atoms with Crippen LogP contribution >= 0.6 is 0 Å². The van der Waals surface area contributed by atoms with Gasteiger partial charge >= 0.3 is 6.03 Å². The quantitative estimate of drug-likeness (QED) is 0.688. The van der Waals surface area contributed by atoms with Crippen molar-refractivity contribution in [1.82, 2.24) is 10.6 Å². The topological polar surface area (TPSA) is 70.6 Å². The highest BCUT2D eigenvalue weighted by Crippen LogP contribution is 2.26. The van der Waals surface area contributed by atoms with Crippen LogP contribution in [0.25, 0.3) is 0 Å². The van der Waals surface area contributed by atoms with Gasteiger partial charge in [0.15, 0.2) is 0 Å². The molecule has 0 fully saturated rings. The lowest BCUT2D eigenvalue weighted by Gasteiger charge is -2.33. The van der Waals surface area contributed by atoms with Crippen LogP contribution in [0.3, 0.4) is 0 Å². The number of aliphatic hydroxyl groups is 1. The van der Waals surface area contributed by atoms with Crippen LogP contribution in [0.2, 0.25) is 0 Å². The number of ether oxygens (including phenoxy) is 1. The van der Waals surface area contributed by atoms with Crippen LogP contribution in [0.5, 0.6) is 0 Å². The summed E-state index contributed by atoms with van der Waals surface area (Å²) in [7, 11) is 1.54. The molecule has 0 radical (unpaired) electrons. The number of hydrogen-bond donors (Lipinski definition) is 3. The fraction of sp³-hybridized carbons (Fsp3) is 0.588. The fourth-order valence-corrected chi connectivity index (χ4v) is 2.17. The molecule has 0 aliphatic carbocycles. The fourth-order valence-electron chi connectivity index (χ4n) is 2.17. The Morgan fingerprint density at radius 3 is 2.55 bits per heavy atom. The lowest BCUT2D eigenvalue weighted by molar-refractivity contribution is 0.0598. The van der Waals surface area contributed by atoms with E-state index in [9.17, 15) is 9.90 Å². The van der Waals surface area contributed by atoms with Crippen LogP contribution in [0.4, 0.5) is 4.79 Å². The number of aliphatic hydroxyl groups excluding tert-OH is 1. The molecule has 0 aliphatic heterocycles. The van der Waals surface area contributed by atoms with Gasteiger partial charge in [0.2, 0.25) is 0 Å². The van der Waals surface area contributed by atoms with Crippen molar-refractivity contribution in [3.63, 3.8) is 0 Å². The Labute approximate surface area is 133 Å². The summed E-state index contributed by atoms with van der Waals surface area (Å²) in [6.45, 7) is 6.90. The van der Waals surface area contributed by atoms with E-state index in [2.05, 4.69) is 36.6 Å². The molecule has 1 aromatic rings. The normalized spacial score (nSPS) is 14.2. The first-order valence-electron chi connectivity index (χ1n) is 7.64. The van der Waals surface area contributed by atoms with Crippen molar-refractivity contribution in [2.24, 2.45) is 0 Å². The molecule has 0 saturated carbocycles. The van der Waals surface area contributed by atoms with Gasteiger partial charge in [0.25, 0.3) is 0 Å². The van der Waals surface area contributed by atoms with E-state index in [0.717, 1.165) is 0 Å². The second-order valence-electron chi connectivity index (χ2n) is 6.11. The molecular weight excluding hydrogens is 280 g/mol. The average Bonchev–Trinajstić information content (AvgIpc) is 2.48. The third kappa shape index (κ3) is 5.66. The molecule has 124 valence electrons. The first-order valence-corrected chi connectivity index (χ1v) is 7.64. The molecule has 0 aromatic heterocycles. The Morgan fingerprint density at radius 1 is 1.32 bits per heavy atom. The highest BCUT2D eigenvalue weighted by molar-refractivity contribution is 5.74. The molecular formula is C17H28N2O3. The third-order valence-electron chi connectivity index (χ3n) is 4.07. The number of methoxy groups -OCH3 is 1. The first-order chi connectivity index (χ1) is 10.4. The standard InChI is InChI=1S/C17H28N2O3/c1-13(17(2,3)14-8-6-5-7-9-14)19-16(21)18-11-10-15(20)12-22-4/h5-9,13,15,20H,10-12H2,1-4H3,(H2,18,19,21). The SMILES string of the molecule is COCC(O)CCNC(=O)NC(C)C(C)(C)c1ccccc1. The van der Waals surface area contributed by atoms with E-state index in [0.29, 0.717) is 13.0 Å². The molecule has 2 unspecified atom stereocenters. The average molecular weight is 308 g/mol. The first kappa shape index (κ1) is 18.5. The van der Waals surface area contributed by atoms with Crippen LogP contribution in [0, 0.1) is 0 Å². The predicted molar refractivity (Wildman–Crippen MR) is 88.0 cm³/mol. The van der Waals surface area contributed by atoms with Gasteiger partial charge in [-0.25, -0.2) is 4.79 Å². The summed E-state index contributed by atoms with van der Waals surface area (Å²) in [5.41, 5.74) is 1.01. The zero-order valence-corrected chi connectivity index (χ0v) is 13.9. The largest absolute Gasteiger partial charge is 0.391 e. The van der Waals surface area contributed by atoms with Gasteiger partial charge < -0.3 is 20.5 Å². The van der Waals surface area contributed by atoms with Crippen LogP contribution in [-0.2, 0) is 10.2 Å². The van der Waals surface area contributed by atoms with E-state index >= 15 is 0 Å². The zero-order chi connectivity index (χ0) is 16.6. The molecule has 5 heteroatoms. The van der Waals surface area contributed by atoms with Gasteiger partial charge in [-0.15, -0.1) is 0 Å². The summed E-state index contributed by atoms with van der Waals surface area (Å²) in [5, 5.41) is 15.2. The maximum atomic E-state index is 11.9. The number of carbonyl (C=O) groups is 1. The van der Waals surface area contributed by atoms with E-state index in [1.165, 1.54) is 12.7 Å². The summed E-state index contributed by atoms with van der Waals surface area (Å²) in [6, 6.07) is 9.87. The van der Waals surface area contributed by atoms with E-state index in [1.54, 1.807) is 0 Å². The molecule has 2 atom stereocenters. The summed E-state index contributed by atoms with van der Waals surface area (Å²) in [5.74, 6) is 0. The minimum atomic E-state index is -0.552. The van der Waals surface area contributed by atoms with Crippen LogP contribution in [-0.4, -0.2) is 43.5 Å². The van der Waals surface area contributed by atoms with Crippen molar-refractivity contribution in [2.75, 3.05) is 20.3 Å². The van der Waals surface area contributed by atoms with E-state index in [1.807, 2.05) is 25.1 Å². The zero-order valence-electron chi connectivity index (χ0n) is 13.9. The number of nitrogens with one attached hydrogen (secondary N) is 2. The van der Waals surface area contributed by atoms with Crippen molar-refractivity contribution in [2.45, 2.75) is 44.8 Å². The van der Waals surface area contributed by atoms with E-state index in [-0.39, 0.29) is 24.1 Å². The van der Waals surface area contributed by atoms with Gasteiger partial charge in [0, 0.05) is 25.1 Å². The maximum absolute atomic E-state index is 11.9. The van der Waals surface area contributed by atoms with Crippen LogP contribution < -0.4 is 10.6 Å². The van der Waals surface area contributed by atoms with Gasteiger partial charge in [-0.3, -0.25) is 0 Å². The molecule has 0 bridgehead atoms. The summed E-state index contributed by atoms with van der Waals surface area (Å²) < 4.78 is 4.84. The molecule has 0 spiro atoms. The molecule has 22 heavy (non-hydrogen) atoms. The van der Waals surface area contributed by atoms with Crippen LogP contribution in [0.1, 0.15) is 32.8 Å². The van der Waals surface area contributed by atoms with E-state index < -0.39 is 6.10 Å². The highest BCUT2D eigenvalue weighted by atomic mass is 16.5. The molecule has 0 heterocycles. The van der Waals surface area contributed by atoms with Gasteiger partial charge in [0.05, 0.1) is 12.7 Å². The van der Waals surface area contributed by atoms with Crippen LogP contribution in [0.15, 0.2) is 30.3 Å². The number of amides is 2. The van der Waals surface area contributed by atoms with Crippen molar-refractivity contribution in [3.8, 4) is 0 Å². The van der Waals surface area contributed by atoms with Crippen molar-refractivity contribution in [3.05, 3.63) is 35.9 Å². The number of urea groups is 1. The van der Waals surface area contributed by atoms with Gasteiger partial charge in [-0.1, -0.05) is 44.2 Å². The Bertz CT molecular complexity index is 448. The van der Waals surface area contributed by atoms with Crippen molar-refractivity contribution in [1.29, 1.82) is 0 Å². The lowest BCUT2D eigenvalue weighted by atomic mass is 9.78. The highest BCUT2D eigenvalue weighted by Gasteiger charge is 2.28. The predicted octanol–water partition coefficient (Wildman–Crippen LogP) is 2.05. The van der Waals surface area contributed by atoms with Crippen molar-refractivity contribution < 1.29 is 14.6 Å². The monoisotopic (exact) mass is 308 g/mol. The molecule has 0 aliphatic rings. The summed E-state index contributed by atoms with van der Waals surface area (Å²) in [6.07, 6.45) is -0.0824. The smallest absolute Gasteiger partial charge is 0.315 e. The minimum Gasteiger partial charge on any atom is -0.391 e. The number of benzene rings is 1. The number of hydrogen-bond acceptors (Lipinski definition) is 3. The van der Waals surface area contributed by atoms with Gasteiger partial charge in [-0.2, -0.15) is 0 Å². The number of rotatable bonds is 8. The van der Waals surface area contributed by atoms with Gasteiger partial charge in [0.1, 0.15) is 0 Å². The number of carbonyl (C=O) groups excluding carboxylic acids is 1. The molecule has 5 nitrogen and oxygen atoms in total. The lowest BCUT2D eigenvalue weighted by Crippen LogP contribution is -2.49. The molecule has 0 saturated heterocycles. The second-order valence-corrected chi connectivity index (χ2v) is 6.11. The van der Waals surface area contributed by atoms with Gasteiger partial charge in [-0.05, 0) is 18.9 Å². The third-order valence-corrected chi connectivity index (χ3v) is 4.07. The van der Waals surface area contributed by atoms with Crippen molar-refractivity contribution >= 4 is 6.03 Å². The Hall–Kier alpha value is -1.59. The molecule has 1 aromatic carbocycles. The Balaban J connectivity index is 2.43. The molecule has 3 N–H and O–H groups in total. The van der Waals surface area contributed by atoms with E-state index in [4.69, 9.17) is 4.74 Å². The molecule has 2 amide bonds. The Morgan fingerprint density at radius 2 is 1.95 bits per heavy atom.